The molecule has 100 valence electrons. The van der Waals surface area contributed by atoms with Crippen LogP contribution in [-0.2, 0) is 17.9 Å². The Morgan fingerprint density at radius 1 is 1.47 bits per heavy atom. The average Bonchev–Trinajstić information content (AvgIpc) is 2.86. The summed E-state index contributed by atoms with van der Waals surface area (Å²) < 4.78 is 5.07. The summed E-state index contributed by atoms with van der Waals surface area (Å²) in [6.07, 6.45) is 1.26. The van der Waals surface area contributed by atoms with Gasteiger partial charge in [0.2, 0.25) is 0 Å². The maximum atomic E-state index is 10.5. The molecule has 0 atom stereocenters. The lowest BCUT2D eigenvalue weighted by Crippen LogP contribution is -1.99. The molecule has 19 heavy (non-hydrogen) atoms. The fourth-order valence-electron chi connectivity index (χ4n) is 1.61. The van der Waals surface area contributed by atoms with Gasteiger partial charge < -0.3 is 10.1 Å². The maximum Gasteiger partial charge on any atom is 0.345 e. The predicted molar refractivity (Wildman–Crippen MR) is 73.3 cm³/mol. The van der Waals surface area contributed by atoms with Crippen LogP contribution in [0.25, 0.3) is 0 Å². The van der Waals surface area contributed by atoms with Crippen LogP contribution in [0.3, 0.4) is 0 Å². The monoisotopic (exact) mass is 279 g/mol. The predicted octanol–water partition coefficient (Wildman–Crippen LogP) is 2.81. The van der Waals surface area contributed by atoms with Crippen LogP contribution in [-0.4, -0.2) is 17.0 Å². The highest BCUT2D eigenvalue weighted by Crippen LogP contribution is 2.25. The molecule has 1 aromatic carbocycles. The first kappa shape index (κ1) is 13.4. The van der Waals surface area contributed by atoms with Gasteiger partial charge in [-0.3, -0.25) is 10.1 Å². The van der Waals surface area contributed by atoms with Crippen LogP contribution in [0.15, 0.2) is 30.5 Å². The van der Waals surface area contributed by atoms with Crippen LogP contribution in [0.2, 0.25) is 0 Å². The normalized spacial score (nSPS) is 10.4. The van der Waals surface area contributed by atoms with E-state index >= 15 is 0 Å². The Kier molecular flexibility index (Phi) is 4.43. The number of rotatable bonds is 6. The number of aromatic nitrogens is 1. The van der Waals surface area contributed by atoms with E-state index in [4.69, 9.17) is 4.74 Å². The van der Waals surface area contributed by atoms with Crippen LogP contribution in [0.5, 0.6) is 0 Å². The van der Waals surface area contributed by atoms with Gasteiger partial charge in [-0.15, -0.1) is 0 Å². The zero-order valence-electron chi connectivity index (χ0n) is 10.3. The second-order valence-corrected chi connectivity index (χ2v) is 4.88. The molecule has 0 aliphatic carbocycles. The Labute approximate surface area is 114 Å². The summed E-state index contributed by atoms with van der Waals surface area (Å²) in [5.41, 5.74) is 2.17. The van der Waals surface area contributed by atoms with Crippen molar-refractivity contribution in [2.75, 3.05) is 12.4 Å². The molecule has 0 spiro atoms. The van der Waals surface area contributed by atoms with Gasteiger partial charge in [0.15, 0.2) is 5.13 Å². The van der Waals surface area contributed by atoms with Gasteiger partial charge >= 0.3 is 5.00 Å². The lowest BCUT2D eigenvalue weighted by atomic mass is 10.1. The van der Waals surface area contributed by atoms with Crippen LogP contribution >= 0.6 is 11.3 Å². The van der Waals surface area contributed by atoms with Crippen molar-refractivity contribution in [3.63, 3.8) is 0 Å². The molecule has 1 heterocycles. The highest BCUT2D eigenvalue weighted by Gasteiger charge is 2.10. The van der Waals surface area contributed by atoms with E-state index in [1.54, 1.807) is 7.11 Å². The van der Waals surface area contributed by atoms with Crippen LogP contribution in [0.1, 0.15) is 11.1 Å². The number of thiazole rings is 1. The fourth-order valence-corrected chi connectivity index (χ4v) is 2.23. The summed E-state index contributed by atoms with van der Waals surface area (Å²) in [6, 6.07) is 7.95. The van der Waals surface area contributed by atoms with E-state index in [0.29, 0.717) is 18.3 Å². The molecule has 0 aliphatic heterocycles. The lowest BCUT2D eigenvalue weighted by molar-refractivity contribution is -0.380. The van der Waals surface area contributed by atoms with Crippen molar-refractivity contribution < 1.29 is 9.66 Å². The topological polar surface area (TPSA) is 77.3 Å². The quantitative estimate of drug-likeness (QED) is 0.650. The third-order valence-corrected chi connectivity index (χ3v) is 3.33. The summed E-state index contributed by atoms with van der Waals surface area (Å²) in [7, 11) is 1.65. The molecule has 0 bridgehead atoms. The molecule has 0 fully saturated rings. The standard InChI is InChI=1S/C12H13N3O3S/c1-18-8-10-4-2-3-9(5-10)6-13-12-14-7-11(19-12)15(16)17/h2-5,7H,6,8H2,1H3,(H,13,14). The van der Waals surface area contributed by atoms with E-state index < -0.39 is 4.92 Å². The van der Waals surface area contributed by atoms with E-state index in [1.165, 1.54) is 6.20 Å². The van der Waals surface area contributed by atoms with Gasteiger partial charge in [0.1, 0.15) is 6.20 Å². The Bertz CT molecular complexity index is 571. The summed E-state index contributed by atoms with van der Waals surface area (Å²) in [4.78, 5) is 14.0. The second kappa shape index (κ2) is 6.26. The first-order valence-corrected chi connectivity index (χ1v) is 6.41. The van der Waals surface area contributed by atoms with Crippen LogP contribution < -0.4 is 5.32 Å². The zero-order chi connectivity index (χ0) is 13.7. The Morgan fingerprint density at radius 2 is 2.26 bits per heavy atom. The molecular weight excluding hydrogens is 266 g/mol. The molecule has 0 radical (unpaired) electrons. The van der Waals surface area contributed by atoms with Crippen molar-refractivity contribution in [2.24, 2.45) is 0 Å². The summed E-state index contributed by atoms with van der Waals surface area (Å²) in [5.74, 6) is 0. The molecule has 2 rings (SSSR count). The van der Waals surface area contributed by atoms with Crippen molar-refractivity contribution in [3.05, 3.63) is 51.7 Å². The molecule has 0 amide bonds. The fraction of sp³-hybridized carbons (Fsp3) is 0.250. The molecule has 6 nitrogen and oxygen atoms in total. The number of ether oxygens (including phenoxy) is 1. The molecule has 0 saturated carbocycles. The summed E-state index contributed by atoms with van der Waals surface area (Å²) in [5, 5.41) is 14.2. The highest BCUT2D eigenvalue weighted by atomic mass is 32.1. The number of nitro groups is 1. The first-order chi connectivity index (χ1) is 9.19. The largest absolute Gasteiger partial charge is 0.380 e. The lowest BCUT2D eigenvalue weighted by Gasteiger charge is -2.05. The van der Waals surface area contributed by atoms with Gasteiger partial charge in [-0.25, -0.2) is 4.98 Å². The first-order valence-electron chi connectivity index (χ1n) is 5.60. The van der Waals surface area contributed by atoms with Crippen LogP contribution in [0, 0.1) is 10.1 Å². The minimum atomic E-state index is -0.442. The molecule has 2 aromatic rings. The minimum absolute atomic E-state index is 0.0376. The SMILES string of the molecule is COCc1cccc(CNc2ncc([N+](=O)[O-])s2)c1. The number of benzene rings is 1. The Hall–Kier alpha value is -1.99. The van der Waals surface area contributed by atoms with E-state index in [1.807, 2.05) is 24.3 Å². The zero-order valence-corrected chi connectivity index (χ0v) is 11.1. The molecule has 0 unspecified atom stereocenters. The highest BCUT2D eigenvalue weighted by molar-refractivity contribution is 7.18. The number of nitrogens with one attached hydrogen (secondary N) is 1. The smallest absolute Gasteiger partial charge is 0.345 e. The average molecular weight is 279 g/mol. The Balaban J connectivity index is 1.97. The number of hydrogen-bond donors (Lipinski definition) is 1. The number of methoxy groups -OCH3 is 1. The van der Waals surface area contributed by atoms with Crippen molar-refractivity contribution in [1.29, 1.82) is 0 Å². The van der Waals surface area contributed by atoms with E-state index in [2.05, 4.69) is 10.3 Å². The van der Waals surface area contributed by atoms with E-state index in [9.17, 15) is 10.1 Å². The molecule has 1 N–H and O–H groups in total. The van der Waals surface area contributed by atoms with Gasteiger partial charge in [0, 0.05) is 13.7 Å². The van der Waals surface area contributed by atoms with Crippen molar-refractivity contribution >= 4 is 21.5 Å². The van der Waals surface area contributed by atoms with Gasteiger partial charge in [-0.1, -0.05) is 24.3 Å². The van der Waals surface area contributed by atoms with Gasteiger partial charge in [-0.05, 0) is 22.5 Å². The summed E-state index contributed by atoms with van der Waals surface area (Å²) >= 11 is 1.03. The molecule has 0 saturated heterocycles. The van der Waals surface area contributed by atoms with Crippen LogP contribution in [0.4, 0.5) is 10.1 Å². The van der Waals surface area contributed by atoms with Crippen molar-refractivity contribution in [2.45, 2.75) is 13.2 Å². The van der Waals surface area contributed by atoms with Gasteiger partial charge in [0.05, 0.1) is 11.5 Å². The second-order valence-electron chi connectivity index (χ2n) is 3.87. The molecule has 7 heteroatoms. The number of anilines is 1. The van der Waals surface area contributed by atoms with Crippen molar-refractivity contribution in [1.82, 2.24) is 4.98 Å². The molecule has 0 aliphatic rings. The summed E-state index contributed by atoms with van der Waals surface area (Å²) in [6.45, 7) is 1.14. The van der Waals surface area contributed by atoms with E-state index in [0.717, 1.165) is 22.5 Å². The number of nitrogens with zero attached hydrogens (tertiary/aromatic N) is 2. The third-order valence-electron chi connectivity index (χ3n) is 2.42. The minimum Gasteiger partial charge on any atom is -0.380 e. The number of hydrogen-bond acceptors (Lipinski definition) is 6. The van der Waals surface area contributed by atoms with Gasteiger partial charge in [-0.2, -0.15) is 0 Å². The Morgan fingerprint density at radius 3 is 2.95 bits per heavy atom. The van der Waals surface area contributed by atoms with Gasteiger partial charge in [0.25, 0.3) is 0 Å². The maximum absolute atomic E-state index is 10.5. The van der Waals surface area contributed by atoms with Crippen molar-refractivity contribution in [3.8, 4) is 0 Å². The van der Waals surface area contributed by atoms with E-state index in [-0.39, 0.29) is 5.00 Å². The third kappa shape index (κ3) is 3.73. The molecule has 1 aromatic heterocycles. The molecular formula is C12H13N3O3S.